The summed E-state index contributed by atoms with van der Waals surface area (Å²) in [4.78, 5) is 3.54. The van der Waals surface area contributed by atoms with Crippen molar-refractivity contribution in [3.8, 4) is 22.3 Å². The van der Waals surface area contributed by atoms with E-state index in [1.165, 1.54) is 16.3 Å². The Hall–Kier alpha value is -5.28. The van der Waals surface area contributed by atoms with Gasteiger partial charge in [0.05, 0.1) is 0 Å². The maximum Gasteiger partial charge on any atom is 0.143 e. The van der Waals surface area contributed by atoms with E-state index in [9.17, 15) is 0 Å². The number of hydrogen-bond donors (Lipinski definition) is 1. The van der Waals surface area contributed by atoms with E-state index in [1.54, 1.807) is 0 Å². The molecule has 6 aromatic carbocycles. The van der Waals surface area contributed by atoms with Gasteiger partial charge < -0.3 is 13.8 Å². The SMILES string of the molecule is Cc1ccc2c(c1)oc1c(-c3cccc4c3oc3c(-c5ccc6[nH]c7ccccc7c6c5)cccc34)cccc12. The number of rotatable bonds is 2. The standard InChI is InChI=1S/C37H23NO2/c1-21-15-17-25-26-9-5-11-28(36(26)39-34(25)19-21)30-13-6-12-29-27-10-4-8-23(35(27)40-37(29)30)22-16-18-33-31(20-22)24-7-2-3-14-32(24)38-33/h2-20,38H,1H3. The predicted octanol–water partition coefficient (Wildman–Crippen LogP) is 10.8. The molecule has 9 rings (SSSR count). The summed E-state index contributed by atoms with van der Waals surface area (Å²) in [7, 11) is 0. The van der Waals surface area contributed by atoms with Gasteiger partial charge in [-0.3, -0.25) is 0 Å². The normalized spacial score (nSPS) is 12.1. The number of nitrogens with one attached hydrogen (secondary N) is 1. The molecule has 3 nitrogen and oxygen atoms in total. The highest BCUT2D eigenvalue weighted by Crippen LogP contribution is 2.43. The van der Waals surface area contributed by atoms with Crippen LogP contribution in [0, 0.1) is 6.92 Å². The second-order valence-electron chi connectivity index (χ2n) is 10.7. The first-order valence-electron chi connectivity index (χ1n) is 13.6. The Labute approximate surface area is 229 Å². The fraction of sp³-hybridized carbons (Fsp3) is 0.0270. The van der Waals surface area contributed by atoms with E-state index < -0.39 is 0 Å². The molecule has 0 fully saturated rings. The smallest absolute Gasteiger partial charge is 0.143 e. The lowest BCUT2D eigenvalue weighted by molar-refractivity contribution is 0.665. The Kier molecular flexibility index (Phi) is 4.26. The van der Waals surface area contributed by atoms with Crippen molar-refractivity contribution in [1.82, 2.24) is 4.98 Å². The molecular formula is C37H23NO2. The van der Waals surface area contributed by atoms with Crippen molar-refractivity contribution in [1.29, 1.82) is 0 Å². The summed E-state index contributed by atoms with van der Waals surface area (Å²) in [6.07, 6.45) is 0. The monoisotopic (exact) mass is 513 g/mol. The molecule has 0 saturated heterocycles. The van der Waals surface area contributed by atoms with Crippen LogP contribution in [0.25, 0.3) is 87.9 Å². The summed E-state index contributed by atoms with van der Waals surface area (Å²) >= 11 is 0. The molecule has 3 aromatic heterocycles. The van der Waals surface area contributed by atoms with Crippen LogP contribution in [0.1, 0.15) is 5.56 Å². The molecule has 188 valence electrons. The number of benzene rings is 6. The summed E-state index contributed by atoms with van der Waals surface area (Å²) in [5.74, 6) is 0. The number of furan rings is 2. The van der Waals surface area contributed by atoms with Crippen LogP contribution >= 0.6 is 0 Å². The first-order valence-corrected chi connectivity index (χ1v) is 13.6. The Morgan fingerprint density at radius 2 is 1.07 bits per heavy atom. The van der Waals surface area contributed by atoms with Crippen molar-refractivity contribution in [3.63, 3.8) is 0 Å². The second kappa shape index (κ2) is 7.87. The van der Waals surface area contributed by atoms with E-state index in [1.807, 2.05) is 0 Å². The number of aromatic nitrogens is 1. The number of aryl methyl sites for hydroxylation is 1. The number of H-pyrrole nitrogens is 1. The van der Waals surface area contributed by atoms with E-state index in [4.69, 9.17) is 8.83 Å². The number of para-hydroxylation sites is 4. The minimum Gasteiger partial charge on any atom is -0.455 e. The van der Waals surface area contributed by atoms with Gasteiger partial charge in [-0.2, -0.15) is 0 Å². The van der Waals surface area contributed by atoms with Gasteiger partial charge in [0.25, 0.3) is 0 Å². The van der Waals surface area contributed by atoms with Crippen molar-refractivity contribution in [2.24, 2.45) is 0 Å². The highest BCUT2D eigenvalue weighted by Gasteiger charge is 2.19. The molecule has 0 atom stereocenters. The summed E-state index contributed by atoms with van der Waals surface area (Å²) in [5.41, 5.74) is 11.3. The van der Waals surface area contributed by atoms with Gasteiger partial charge >= 0.3 is 0 Å². The van der Waals surface area contributed by atoms with Crippen molar-refractivity contribution in [2.75, 3.05) is 0 Å². The second-order valence-corrected chi connectivity index (χ2v) is 10.7. The van der Waals surface area contributed by atoms with Crippen LogP contribution in [0.3, 0.4) is 0 Å². The van der Waals surface area contributed by atoms with Crippen molar-refractivity contribution >= 4 is 65.7 Å². The molecule has 1 N–H and O–H groups in total. The zero-order chi connectivity index (χ0) is 26.4. The molecule has 3 heterocycles. The van der Waals surface area contributed by atoms with Gasteiger partial charge in [-0.05, 0) is 42.3 Å². The average Bonchev–Trinajstić information content (AvgIpc) is 3.67. The molecule has 0 unspecified atom stereocenters. The lowest BCUT2D eigenvalue weighted by Gasteiger charge is -2.04. The molecule has 0 aliphatic heterocycles. The van der Waals surface area contributed by atoms with Crippen molar-refractivity contribution < 1.29 is 8.83 Å². The number of hydrogen-bond acceptors (Lipinski definition) is 2. The largest absolute Gasteiger partial charge is 0.455 e. The third kappa shape index (κ3) is 2.95. The highest BCUT2D eigenvalue weighted by molar-refractivity contribution is 6.17. The van der Waals surface area contributed by atoms with Gasteiger partial charge in [-0.25, -0.2) is 0 Å². The van der Waals surface area contributed by atoms with Crippen molar-refractivity contribution in [2.45, 2.75) is 6.92 Å². The van der Waals surface area contributed by atoms with Crippen LogP contribution in [-0.4, -0.2) is 4.98 Å². The fourth-order valence-electron chi connectivity index (χ4n) is 6.39. The summed E-state index contributed by atoms with van der Waals surface area (Å²) in [5, 5.41) is 6.91. The van der Waals surface area contributed by atoms with Crippen LogP contribution in [0.2, 0.25) is 0 Å². The van der Waals surface area contributed by atoms with E-state index >= 15 is 0 Å². The van der Waals surface area contributed by atoms with Gasteiger partial charge in [-0.1, -0.05) is 91.0 Å². The average molecular weight is 514 g/mol. The van der Waals surface area contributed by atoms with E-state index in [2.05, 4.69) is 127 Å². The van der Waals surface area contributed by atoms with Gasteiger partial charge in [0.1, 0.15) is 22.3 Å². The van der Waals surface area contributed by atoms with Gasteiger partial charge in [0.15, 0.2) is 0 Å². The minimum absolute atomic E-state index is 0.877. The number of aromatic amines is 1. The summed E-state index contributed by atoms with van der Waals surface area (Å²) < 4.78 is 13.3. The summed E-state index contributed by atoms with van der Waals surface area (Å²) in [6.45, 7) is 2.09. The Morgan fingerprint density at radius 1 is 0.450 bits per heavy atom. The maximum absolute atomic E-state index is 6.80. The van der Waals surface area contributed by atoms with Crippen LogP contribution in [0.4, 0.5) is 0 Å². The molecule has 0 amide bonds. The Balaban J connectivity index is 1.30. The van der Waals surface area contributed by atoms with Crippen LogP contribution < -0.4 is 0 Å². The summed E-state index contributed by atoms with van der Waals surface area (Å²) in [6, 6.07) is 40.7. The molecule has 40 heavy (non-hydrogen) atoms. The molecule has 0 radical (unpaired) electrons. The van der Waals surface area contributed by atoms with E-state index in [-0.39, 0.29) is 0 Å². The lowest BCUT2D eigenvalue weighted by atomic mass is 9.98. The molecule has 3 heteroatoms. The zero-order valence-electron chi connectivity index (χ0n) is 21.8. The van der Waals surface area contributed by atoms with Crippen LogP contribution in [0.15, 0.2) is 124 Å². The minimum atomic E-state index is 0.877. The molecule has 9 aromatic rings. The number of fused-ring (bicyclic) bond motifs is 9. The van der Waals surface area contributed by atoms with Gasteiger partial charge in [-0.15, -0.1) is 0 Å². The van der Waals surface area contributed by atoms with Gasteiger partial charge in [0.2, 0.25) is 0 Å². The molecule has 0 saturated carbocycles. The molecule has 0 bridgehead atoms. The highest BCUT2D eigenvalue weighted by atomic mass is 16.3. The maximum atomic E-state index is 6.80. The quantitative estimate of drug-likeness (QED) is 0.250. The third-order valence-corrected chi connectivity index (χ3v) is 8.29. The lowest BCUT2D eigenvalue weighted by Crippen LogP contribution is -1.80. The third-order valence-electron chi connectivity index (χ3n) is 8.29. The van der Waals surface area contributed by atoms with Gasteiger partial charge in [0, 0.05) is 60.0 Å². The fourth-order valence-corrected chi connectivity index (χ4v) is 6.39. The van der Waals surface area contributed by atoms with Crippen LogP contribution in [-0.2, 0) is 0 Å². The first kappa shape index (κ1) is 21.6. The molecular weight excluding hydrogens is 490 g/mol. The van der Waals surface area contributed by atoms with Crippen LogP contribution in [0.5, 0.6) is 0 Å². The molecule has 0 aliphatic rings. The first-order chi connectivity index (χ1) is 19.7. The molecule has 0 aliphatic carbocycles. The topological polar surface area (TPSA) is 42.1 Å². The van der Waals surface area contributed by atoms with E-state index in [0.717, 1.165) is 77.2 Å². The Bertz CT molecular complexity index is 2450. The zero-order valence-corrected chi connectivity index (χ0v) is 21.8. The Morgan fingerprint density at radius 3 is 1.88 bits per heavy atom. The predicted molar refractivity (Wildman–Crippen MR) is 166 cm³/mol. The molecule has 0 spiro atoms. The van der Waals surface area contributed by atoms with E-state index in [0.29, 0.717) is 0 Å². The van der Waals surface area contributed by atoms with Crippen molar-refractivity contribution in [3.05, 3.63) is 121 Å².